The number of alkyl halides is 1. The molecule has 3 unspecified atom stereocenters. The molecule has 18 heavy (non-hydrogen) atoms. The summed E-state index contributed by atoms with van der Waals surface area (Å²) in [4.78, 5) is 0. The number of hydrogen-bond acceptors (Lipinski definition) is 0. The van der Waals surface area contributed by atoms with Crippen molar-refractivity contribution in [3.05, 3.63) is 33.8 Å². The average Bonchev–Trinajstić information content (AvgIpc) is 2.35. The van der Waals surface area contributed by atoms with Crippen LogP contribution in [0.3, 0.4) is 0 Å². The molecule has 1 fully saturated rings. The third-order valence-corrected chi connectivity index (χ3v) is 5.23. The van der Waals surface area contributed by atoms with Crippen molar-refractivity contribution in [2.24, 2.45) is 11.8 Å². The molecule has 1 saturated carbocycles. The first-order chi connectivity index (χ1) is 8.60. The van der Waals surface area contributed by atoms with Crippen molar-refractivity contribution in [2.45, 2.75) is 44.4 Å². The Bertz CT molecular complexity index is 403. The molecule has 0 aromatic heterocycles. The Kier molecular flexibility index (Phi) is 5.24. The molecule has 3 heteroatoms. The van der Waals surface area contributed by atoms with Gasteiger partial charge in [0.25, 0.3) is 0 Å². The lowest BCUT2D eigenvalue weighted by molar-refractivity contribution is 0.265. The third-order valence-electron chi connectivity index (χ3n) is 4.07. The van der Waals surface area contributed by atoms with Crippen molar-refractivity contribution in [1.82, 2.24) is 0 Å². The van der Waals surface area contributed by atoms with Gasteiger partial charge in [0, 0.05) is 15.4 Å². The highest BCUT2D eigenvalue weighted by Gasteiger charge is 2.28. The fourth-order valence-electron chi connectivity index (χ4n) is 2.88. The topological polar surface area (TPSA) is 0 Å². The van der Waals surface area contributed by atoms with Crippen LogP contribution in [0.4, 0.5) is 0 Å². The second-order valence-electron chi connectivity index (χ2n) is 5.30. The number of rotatable bonds is 3. The molecule has 0 spiro atoms. The predicted molar refractivity (Wildman–Crippen MR) is 80.9 cm³/mol. The van der Waals surface area contributed by atoms with Crippen molar-refractivity contribution >= 4 is 34.8 Å². The first-order valence-corrected chi connectivity index (χ1v) is 7.87. The molecule has 0 radical (unpaired) electrons. The van der Waals surface area contributed by atoms with Gasteiger partial charge >= 0.3 is 0 Å². The average molecular weight is 306 g/mol. The van der Waals surface area contributed by atoms with Gasteiger partial charge in [0.1, 0.15) is 0 Å². The molecular formula is C15H19Cl3. The van der Waals surface area contributed by atoms with E-state index in [-0.39, 0.29) is 0 Å². The lowest BCUT2D eigenvalue weighted by atomic mass is 9.77. The fraction of sp³-hybridized carbons (Fsp3) is 0.600. The van der Waals surface area contributed by atoms with Crippen molar-refractivity contribution in [2.75, 3.05) is 0 Å². The van der Waals surface area contributed by atoms with Crippen molar-refractivity contribution in [3.8, 4) is 0 Å². The first kappa shape index (κ1) is 14.5. The van der Waals surface area contributed by atoms with Crippen molar-refractivity contribution < 1.29 is 0 Å². The van der Waals surface area contributed by atoms with Gasteiger partial charge in [-0.3, -0.25) is 0 Å². The van der Waals surface area contributed by atoms with Crippen molar-refractivity contribution in [3.63, 3.8) is 0 Å². The predicted octanol–water partition coefficient (Wildman–Crippen LogP) is 5.97. The molecule has 3 atom stereocenters. The first-order valence-electron chi connectivity index (χ1n) is 6.68. The van der Waals surface area contributed by atoms with Gasteiger partial charge in [-0.05, 0) is 55.2 Å². The smallest absolute Gasteiger partial charge is 0.0452 e. The van der Waals surface area contributed by atoms with Crippen LogP contribution in [0.1, 0.15) is 38.2 Å². The Labute approximate surface area is 125 Å². The van der Waals surface area contributed by atoms with E-state index in [1.807, 2.05) is 18.2 Å². The standard InChI is InChI=1S/C15H19Cl3/c1-2-10-3-6-14(17)12(7-10)8-11-4-5-13(16)9-15(11)18/h4-5,9-10,12,14H,2-3,6-8H2,1H3. The molecule has 0 heterocycles. The molecular weight excluding hydrogens is 287 g/mol. The lowest BCUT2D eigenvalue weighted by Crippen LogP contribution is -2.27. The Balaban J connectivity index is 2.07. The minimum atomic E-state index is 0.291. The fourth-order valence-corrected chi connectivity index (χ4v) is 3.68. The zero-order valence-corrected chi connectivity index (χ0v) is 12.9. The summed E-state index contributed by atoms with van der Waals surface area (Å²) in [6.07, 6.45) is 5.87. The summed E-state index contributed by atoms with van der Waals surface area (Å²) in [5, 5.41) is 1.76. The van der Waals surface area contributed by atoms with Crippen LogP contribution in [0.15, 0.2) is 18.2 Å². The monoisotopic (exact) mass is 304 g/mol. The van der Waals surface area contributed by atoms with Gasteiger partial charge < -0.3 is 0 Å². The zero-order chi connectivity index (χ0) is 13.1. The minimum absolute atomic E-state index is 0.291. The van der Waals surface area contributed by atoms with Crippen LogP contribution in [-0.4, -0.2) is 5.38 Å². The molecule has 0 aliphatic heterocycles. The largest absolute Gasteiger partial charge is 0.123 e. The van der Waals surface area contributed by atoms with Crippen LogP contribution in [-0.2, 0) is 6.42 Å². The molecule has 2 rings (SSSR count). The third kappa shape index (κ3) is 3.56. The van der Waals surface area contributed by atoms with Gasteiger partial charge in [0.15, 0.2) is 0 Å². The summed E-state index contributed by atoms with van der Waals surface area (Å²) in [7, 11) is 0. The van der Waals surface area contributed by atoms with Gasteiger partial charge in [0.05, 0.1) is 0 Å². The molecule has 0 amide bonds. The summed E-state index contributed by atoms with van der Waals surface area (Å²) in [5.41, 5.74) is 1.17. The van der Waals surface area contributed by atoms with Gasteiger partial charge in [-0.15, -0.1) is 11.6 Å². The molecule has 0 nitrogen and oxygen atoms in total. The van der Waals surface area contributed by atoms with E-state index in [4.69, 9.17) is 34.8 Å². The maximum absolute atomic E-state index is 6.47. The van der Waals surface area contributed by atoms with Gasteiger partial charge in [0.2, 0.25) is 0 Å². The highest BCUT2D eigenvalue weighted by atomic mass is 35.5. The molecule has 1 aliphatic rings. The second kappa shape index (κ2) is 6.50. The number of halogens is 3. The van der Waals surface area contributed by atoms with Crippen LogP contribution in [0, 0.1) is 11.8 Å². The molecule has 1 aromatic rings. The maximum atomic E-state index is 6.47. The molecule has 100 valence electrons. The normalized spacial score (nSPS) is 28.3. The van der Waals surface area contributed by atoms with E-state index in [9.17, 15) is 0 Å². The van der Waals surface area contributed by atoms with Crippen LogP contribution < -0.4 is 0 Å². The summed E-state index contributed by atoms with van der Waals surface area (Å²) >= 11 is 18.6. The van der Waals surface area contributed by atoms with E-state index < -0.39 is 0 Å². The van der Waals surface area contributed by atoms with Crippen LogP contribution in [0.5, 0.6) is 0 Å². The molecule has 0 saturated heterocycles. The zero-order valence-electron chi connectivity index (χ0n) is 10.6. The molecule has 0 N–H and O–H groups in total. The molecule has 1 aliphatic carbocycles. The van der Waals surface area contributed by atoms with E-state index in [0.29, 0.717) is 16.3 Å². The van der Waals surface area contributed by atoms with Crippen LogP contribution in [0.25, 0.3) is 0 Å². The number of benzene rings is 1. The molecule has 0 bridgehead atoms. The summed E-state index contributed by atoms with van der Waals surface area (Å²) < 4.78 is 0. The summed E-state index contributed by atoms with van der Waals surface area (Å²) in [6, 6.07) is 5.76. The SMILES string of the molecule is CCC1CCC(Cl)C(Cc2ccc(Cl)cc2Cl)C1. The Hall–Kier alpha value is 0.0900. The second-order valence-corrected chi connectivity index (χ2v) is 6.71. The van der Waals surface area contributed by atoms with E-state index in [2.05, 4.69) is 6.92 Å². The number of hydrogen-bond donors (Lipinski definition) is 0. The van der Waals surface area contributed by atoms with Gasteiger partial charge in [-0.2, -0.15) is 0 Å². The highest BCUT2D eigenvalue weighted by Crippen LogP contribution is 2.37. The van der Waals surface area contributed by atoms with Crippen LogP contribution in [0.2, 0.25) is 10.0 Å². The lowest BCUT2D eigenvalue weighted by Gasteiger charge is -2.32. The van der Waals surface area contributed by atoms with Gasteiger partial charge in [-0.25, -0.2) is 0 Å². The Morgan fingerprint density at radius 1 is 1.22 bits per heavy atom. The quantitative estimate of drug-likeness (QED) is 0.603. The van der Waals surface area contributed by atoms with Gasteiger partial charge in [-0.1, -0.05) is 42.6 Å². The van der Waals surface area contributed by atoms with E-state index in [1.165, 1.54) is 24.8 Å². The highest BCUT2D eigenvalue weighted by molar-refractivity contribution is 6.35. The Morgan fingerprint density at radius 2 is 2.00 bits per heavy atom. The summed E-state index contributed by atoms with van der Waals surface area (Å²) in [6.45, 7) is 2.27. The summed E-state index contributed by atoms with van der Waals surface area (Å²) in [5.74, 6) is 1.38. The van der Waals surface area contributed by atoms with E-state index >= 15 is 0 Å². The maximum Gasteiger partial charge on any atom is 0.0452 e. The minimum Gasteiger partial charge on any atom is -0.123 e. The van der Waals surface area contributed by atoms with E-state index in [1.54, 1.807) is 0 Å². The van der Waals surface area contributed by atoms with Crippen molar-refractivity contribution in [1.29, 1.82) is 0 Å². The molecule has 1 aromatic carbocycles. The Morgan fingerprint density at radius 3 is 2.67 bits per heavy atom. The van der Waals surface area contributed by atoms with Crippen LogP contribution >= 0.6 is 34.8 Å². The van der Waals surface area contributed by atoms with E-state index in [0.717, 1.165) is 23.8 Å².